The van der Waals surface area contributed by atoms with Crippen LogP contribution in [0.2, 0.25) is 0 Å². The molecule has 0 spiro atoms. The van der Waals surface area contributed by atoms with Gasteiger partial charge in [-0.2, -0.15) is 0 Å². The SMILES string of the molecule is CCN(CCCO)C(=O)c1cncc(NN)n1. The third-order valence-corrected chi connectivity index (χ3v) is 2.26. The molecule has 7 nitrogen and oxygen atoms in total. The predicted octanol–water partition coefficient (Wildman–Crippen LogP) is -0.393. The summed E-state index contributed by atoms with van der Waals surface area (Å²) in [4.78, 5) is 21.5. The number of nitrogens with one attached hydrogen (secondary N) is 1. The van der Waals surface area contributed by atoms with Crippen LogP contribution in [-0.2, 0) is 0 Å². The van der Waals surface area contributed by atoms with E-state index >= 15 is 0 Å². The minimum absolute atomic E-state index is 0.0554. The first kappa shape index (κ1) is 13.3. The van der Waals surface area contributed by atoms with Crippen LogP contribution in [0, 0.1) is 0 Å². The lowest BCUT2D eigenvalue weighted by Gasteiger charge is -2.19. The van der Waals surface area contributed by atoms with Crippen molar-refractivity contribution in [3.63, 3.8) is 0 Å². The van der Waals surface area contributed by atoms with Crippen molar-refractivity contribution in [1.29, 1.82) is 0 Å². The van der Waals surface area contributed by atoms with Gasteiger partial charge in [-0.05, 0) is 13.3 Å². The summed E-state index contributed by atoms with van der Waals surface area (Å²) < 4.78 is 0. The van der Waals surface area contributed by atoms with E-state index in [-0.39, 0.29) is 18.2 Å². The van der Waals surface area contributed by atoms with E-state index in [1.165, 1.54) is 12.4 Å². The summed E-state index contributed by atoms with van der Waals surface area (Å²) in [5.41, 5.74) is 2.57. The number of carbonyl (C=O) groups excluding carboxylic acids is 1. The number of nitrogens with zero attached hydrogens (tertiary/aromatic N) is 3. The zero-order valence-electron chi connectivity index (χ0n) is 9.76. The van der Waals surface area contributed by atoms with Gasteiger partial charge >= 0.3 is 0 Å². The molecule has 7 heteroatoms. The molecule has 1 rings (SSSR count). The fraction of sp³-hybridized carbons (Fsp3) is 0.500. The Balaban J connectivity index is 2.78. The molecule has 1 aromatic heterocycles. The van der Waals surface area contributed by atoms with Crippen molar-refractivity contribution < 1.29 is 9.90 Å². The summed E-state index contributed by atoms with van der Waals surface area (Å²) in [7, 11) is 0. The highest BCUT2D eigenvalue weighted by atomic mass is 16.3. The second kappa shape index (κ2) is 6.77. The van der Waals surface area contributed by atoms with Crippen LogP contribution in [0.5, 0.6) is 0 Å². The summed E-state index contributed by atoms with van der Waals surface area (Å²) in [6.07, 6.45) is 3.37. The monoisotopic (exact) mass is 239 g/mol. The lowest BCUT2D eigenvalue weighted by molar-refractivity contribution is 0.0748. The van der Waals surface area contributed by atoms with E-state index in [0.29, 0.717) is 25.3 Å². The zero-order chi connectivity index (χ0) is 12.7. The van der Waals surface area contributed by atoms with Gasteiger partial charge in [-0.25, -0.2) is 10.8 Å². The number of anilines is 1. The minimum atomic E-state index is -0.217. The Hall–Kier alpha value is -1.73. The van der Waals surface area contributed by atoms with Crippen LogP contribution in [0.4, 0.5) is 5.82 Å². The molecule has 0 bridgehead atoms. The molecule has 4 N–H and O–H groups in total. The first-order valence-electron chi connectivity index (χ1n) is 5.41. The number of nitrogens with two attached hydrogens (primary N) is 1. The van der Waals surface area contributed by atoms with Crippen molar-refractivity contribution in [1.82, 2.24) is 14.9 Å². The van der Waals surface area contributed by atoms with Crippen molar-refractivity contribution in [3.05, 3.63) is 18.1 Å². The Morgan fingerprint density at radius 3 is 2.94 bits per heavy atom. The fourth-order valence-corrected chi connectivity index (χ4v) is 1.37. The summed E-state index contributed by atoms with van der Waals surface area (Å²) in [5.74, 6) is 5.32. The molecule has 0 aliphatic heterocycles. The highest BCUT2D eigenvalue weighted by Gasteiger charge is 2.15. The molecule has 0 atom stereocenters. The Bertz CT molecular complexity index is 371. The second-order valence-electron chi connectivity index (χ2n) is 3.40. The maximum Gasteiger partial charge on any atom is 0.274 e. The van der Waals surface area contributed by atoms with Gasteiger partial charge in [0.05, 0.1) is 12.4 Å². The average molecular weight is 239 g/mol. The molecule has 0 aliphatic carbocycles. The molecule has 0 radical (unpaired) electrons. The van der Waals surface area contributed by atoms with Crippen LogP contribution in [0.25, 0.3) is 0 Å². The normalized spacial score (nSPS) is 10.1. The van der Waals surface area contributed by atoms with Gasteiger partial charge in [-0.1, -0.05) is 0 Å². The second-order valence-corrected chi connectivity index (χ2v) is 3.40. The number of amides is 1. The summed E-state index contributed by atoms with van der Waals surface area (Å²) in [6, 6.07) is 0. The molecule has 0 fully saturated rings. The van der Waals surface area contributed by atoms with Crippen LogP contribution in [0.15, 0.2) is 12.4 Å². The molecule has 0 aliphatic rings. The number of hydrogen-bond donors (Lipinski definition) is 3. The predicted molar refractivity (Wildman–Crippen MR) is 63.1 cm³/mol. The Morgan fingerprint density at radius 2 is 2.35 bits per heavy atom. The van der Waals surface area contributed by atoms with Gasteiger partial charge in [-0.3, -0.25) is 9.78 Å². The van der Waals surface area contributed by atoms with Crippen LogP contribution < -0.4 is 11.3 Å². The van der Waals surface area contributed by atoms with Crippen LogP contribution in [-0.4, -0.2) is 45.6 Å². The van der Waals surface area contributed by atoms with Crippen molar-refractivity contribution in [2.24, 2.45) is 5.84 Å². The molecule has 0 saturated carbocycles. The van der Waals surface area contributed by atoms with Crippen molar-refractivity contribution in [2.75, 3.05) is 25.1 Å². The molecule has 1 amide bonds. The molecular formula is C10H17N5O2. The van der Waals surface area contributed by atoms with Gasteiger partial charge in [0, 0.05) is 19.7 Å². The van der Waals surface area contributed by atoms with Gasteiger partial charge in [0.2, 0.25) is 0 Å². The lowest BCUT2D eigenvalue weighted by atomic mass is 10.3. The Morgan fingerprint density at radius 1 is 1.59 bits per heavy atom. The van der Waals surface area contributed by atoms with E-state index in [4.69, 9.17) is 10.9 Å². The van der Waals surface area contributed by atoms with Gasteiger partial charge in [0.25, 0.3) is 5.91 Å². The van der Waals surface area contributed by atoms with Gasteiger partial charge in [0.15, 0.2) is 5.82 Å². The first-order chi connectivity index (χ1) is 8.22. The molecule has 0 aromatic carbocycles. The third kappa shape index (κ3) is 3.65. The molecule has 17 heavy (non-hydrogen) atoms. The quantitative estimate of drug-likeness (QED) is 0.461. The molecule has 94 valence electrons. The molecular weight excluding hydrogens is 222 g/mol. The van der Waals surface area contributed by atoms with Crippen molar-refractivity contribution in [3.8, 4) is 0 Å². The maximum absolute atomic E-state index is 12.0. The van der Waals surface area contributed by atoms with Gasteiger partial charge in [-0.15, -0.1) is 0 Å². The number of carbonyl (C=O) groups is 1. The van der Waals surface area contributed by atoms with Crippen molar-refractivity contribution >= 4 is 11.7 Å². The number of aliphatic hydroxyl groups is 1. The topological polar surface area (TPSA) is 104 Å². The van der Waals surface area contributed by atoms with Crippen LogP contribution in [0.3, 0.4) is 0 Å². The van der Waals surface area contributed by atoms with E-state index in [2.05, 4.69) is 15.4 Å². The summed E-state index contributed by atoms with van der Waals surface area (Å²) >= 11 is 0. The number of aromatic nitrogens is 2. The molecule has 1 aromatic rings. The van der Waals surface area contributed by atoms with E-state index in [9.17, 15) is 4.79 Å². The minimum Gasteiger partial charge on any atom is -0.396 e. The molecule has 0 saturated heterocycles. The highest BCUT2D eigenvalue weighted by Crippen LogP contribution is 2.05. The number of nitrogen functional groups attached to an aromatic ring is 1. The number of rotatable bonds is 6. The van der Waals surface area contributed by atoms with Crippen LogP contribution in [0.1, 0.15) is 23.8 Å². The Kier molecular flexibility index (Phi) is 5.31. The number of hydrogen-bond acceptors (Lipinski definition) is 6. The van der Waals surface area contributed by atoms with Crippen molar-refractivity contribution in [2.45, 2.75) is 13.3 Å². The standard InChI is InChI=1S/C10H17N5O2/c1-2-15(4-3-5-16)10(17)8-6-12-7-9(13-8)14-11/h6-7,16H,2-5,11H2,1H3,(H,13,14). The van der Waals surface area contributed by atoms with E-state index in [1.54, 1.807) is 4.90 Å². The largest absolute Gasteiger partial charge is 0.396 e. The van der Waals surface area contributed by atoms with E-state index in [1.807, 2.05) is 6.92 Å². The van der Waals surface area contributed by atoms with E-state index < -0.39 is 0 Å². The highest BCUT2D eigenvalue weighted by molar-refractivity contribution is 5.92. The molecule has 1 heterocycles. The van der Waals surface area contributed by atoms with E-state index in [0.717, 1.165) is 0 Å². The zero-order valence-corrected chi connectivity index (χ0v) is 9.76. The Labute approximate surface area is 99.6 Å². The molecule has 0 unspecified atom stereocenters. The average Bonchev–Trinajstić information content (AvgIpc) is 2.39. The smallest absolute Gasteiger partial charge is 0.274 e. The number of hydrazine groups is 1. The number of aliphatic hydroxyl groups excluding tert-OH is 1. The third-order valence-electron chi connectivity index (χ3n) is 2.26. The lowest BCUT2D eigenvalue weighted by Crippen LogP contribution is -2.33. The van der Waals surface area contributed by atoms with Crippen LogP contribution >= 0.6 is 0 Å². The first-order valence-corrected chi connectivity index (χ1v) is 5.41. The van der Waals surface area contributed by atoms with Gasteiger partial charge in [0.1, 0.15) is 5.69 Å². The fourth-order valence-electron chi connectivity index (χ4n) is 1.37. The summed E-state index contributed by atoms with van der Waals surface area (Å²) in [5, 5.41) is 8.75. The maximum atomic E-state index is 12.0. The van der Waals surface area contributed by atoms with Gasteiger partial charge < -0.3 is 15.4 Å². The summed E-state index contributed by atoms with van der Waals surface area (Å²) in [6.45, 7) is 2.97.